The molecular weight excluding hydrogens is 180 g/mol. The molecule has 0 saturated carbocycles. The maximum Gasteiger partial charge on any atom is 0.180 e. The van der Waals surface area contributed by atoms with Gasteiger partial charge in [-0.05, 0) is 12.8 Å². The zero-order valence-electron chi connectivity index (χ0n) is 9.30. The first-order valence-corrected chi connectivity index (χ1v) is 5.56. The minimum atomic E-state index is -0.392. The molecule has 0 amide bonds. The van der Waals surface area contributed by atoms with E-state index in [1.807, 2.05) is 0 Å². The van der Waals surface area contributed by atoms with E-state index in [1.165, 1.54) is 38.5 Å². The lowest BCUT2D eigenvalue weighted by molar-refractivity contribution is -0.0446. The summed E-state index contributed by atoms with van der Waals surface area (Å²) in [6, 6.07) is 0. The summed E-state index contributed by atoms with van der Waals surface area (Å²) in [7, 11) is 1.75. The van der Waals surface area contributed by atoms with Crippen molar-refractivity contribution < 1.29 is 14.6 Å². The van der Waals surface area contributed by atoms with Gasteiger partial charge < -0.3 is 9.47 Å². The molecule has 0 heterocycles. The van der Waals surface area contributed by atoms with Gasteiger partial charge in [-0.25, -0.2) is 5.11 Å². The molecule has 0 aliphatic heterocycles. The molecule has 0 aliphatic rings. The first-order valence-electron chi connectivity index (χ1n) is 5.56. The van der Waals surface area contributed by atoms with Crippen molar-refractivity contribution in [1.29, 1.82) is 0 Å². The summed E-state index contributed by atoms with van der Waals surface area (Å²) in [4.78, 5) is 0. The Hall–Kier alpha value is -0.120. The molecule has 0 bridgehead atoms. The number of methoxy groups -OCH3 is 1. The summed E-state index contributed by atoms with van der Waals surface area (Å²) in [5.41, 5.74) is 0. The Kier molecular flexibility index (Phi) is 12.8. The Morgan fingerprint density at radius 2 is 1.29 bits per heavy atom. The van der Waals surface area contributed by atoms with Crippen LogP contribution >= 0.6 is 0 Å². The molecule has 0 saturated heterocycles. The lowest BCUT2D eigenvalue weighted by Gasteiger charge is -2.01. The van der Waals surface area contributed by atoms with Crippen molar-refractivity contribution >= 4 is 0 Å². The highest BCUT2D eigenvalue weighted by Gasteiger charge is 1.92. The van der Waals surface area contributed by atoms with E-state index in [0.717, 1.165) is 13.0 Å². The molecule has 0 unspecified atom stereocenters. The third-order valence-electron chi connectivity index (χ3n) is 2.22. The maximum atomic E-state index is 9.93. The quantitative estimate of drug-likeness (QED) is 0.382. The molecule has 0 aromatic carbocycles. The van der Waals surface area contributed by atoms with Crippen LogP contribution in [-0.2, 0) is 14.6 Å². The van der Waals surface area contributed by atoms with Gasteiger partial charge in [0.1, 0.15) is 0 Å². The molecule has 85 valence electrons. The Balaban J connectivity index is 2.78. The highest BCUT2D eigenvalue weighted by molar-refractivity contribution is 4.45. The molecule has 0 aliphatic carbocycles. The summed E-state index contributed by atoms with van der Waals surface area (Å²) in [5.74, 6) is 0. The fraction of sp³-hybridized carbons (Fsp3) is 1.00. The number of unbranched alkanes of at least 4 members (excludes halogenated alkanes) is 6. The van der Waals surface area contributed by atoms with E-state index < -0.39 is 6.79 Å². The molecule has 0 aromatic heterocycles. The van der Waals surface area contributed by atoms with Crippen LogP contribution < -0.4 is 0 Å². The third kappa shape index (κ3) is 11.9. The Bertz CT molecular complexity index is 84.5. The average Bonchev–Trinajstić information content (AvgIpc) is 2.21. The van der Waals surface area contributed by atoms with Crippen LogP contribution in [0.1, 0.15) is 44.9 Å². The average molecular weight is 203 g/mol. The van der Waals surface area contributed by atoms with Crippen molar-refractivity contribution in [3.05, 3.63) is 0 Å². The van der Waals surface area contributed by atoms with Gasteiger partial charge in [0.15, 0.2) is 6.79 Å². The predicted molar refractivity (Wildman–Crippen MR) is 55.7 cm³/mol. The van der Waals surface area contributed by atoms with E-state index in [1.54, 1.807) is 7.11 Å². The summed E-state index contributed by atoms with van der Waals surface area (Å²) in [6.07, 6.45) is 8.51. The summed E-state index contributed by atoms with van der Waals surface area (Å²) in [6.45, 7) is 1.13. The first kappa shape index (κ1) is 13.9. The van der Waals surface area contributed by atoms with Gasteiger partial charge in [-0.1, -0.05) is 32.1 Å². The van der Waals surface area contributed by atoms with Crippen LogP contribution in [0.2, 0.25) is 0 Å². The van der Waals surface area contributed by atoms with E-state index in [4.69, 9.17) is 9.47 Å². The number of rotatable bonds is 11. The molecular formula is C11H23O3. The highest BCUT2D eigenvalue weighted by Crippen LogP contribution is 2.07. The standard InChI is InChI=1S/C11H23O3/c1-13-9-7-5-3-2-4-6-8-10-14-11-12/h2-11H2,1H3. The molecule has 0 aromatic rings. The monoisotopic (exact) mass is 203 g/mol. The van der Waals surface area contributed by atoms with Crippen LogP contribution in [-0.4, -0.2) is 27.1 Å². The van der Waals surface area contributed by atoms with Crippen LogP contribution in [0.15, 0.2) is 0 Å². The van der Waals surface area contributed by atoms with E-state index >= 15 is 0 Å². The number of hydrogen-bond donors (Lipinski definition) is 0. The normalized spacial score (nSPS) is 10.7. The van der Waals surface area contributed by atoms with Gasteiger partial charge in [0, 0.05) is 20.3 Å². The summed E-state index contributed by atoms with van der Waals surface area (Å²) < 4.78 is 9.69. The van der Waals surface area contributed by atoms with Gasteiger partial charge in [-0.3, -0.25) is 0 Å². The second-order valence-electron chi connectivity index (χ2n) is 3.49. The van der Waals surface area contributed by atoms with E-state index in [-0.39, 0.29) is 0 Å². The number of ether oxygens (including phenoxy) is 2. The smallest absolute Gasteiger partial charge is 0.180 e. The maximum absolute atomic E-state index is 9.93. The molecule has 0 fully saturated rings. The molecule has 3 heteroatoms. The number of hydrogen-bond acceptors (Lipinski definition) is 2. The van der Waals surface area contributed by atoms with E-state index in [2.05, 4.69) is 0 Å². The van der Waals surface area contributed by atoms with Gasteiger partial charge in [0.25, 0.3) is 0 Å². The predicted octanol–water partition coefficient (Wildman–Crippen LogP) is 2.77. The fourth-order valence-corrected chi connectivity index (χ4v) is 1.39. The molecule has 1 radical (unpaired) electrons. The SMILES string of the molecule is COCCCCCCCCCOC[O]. The van der Waals surface area contributed by atoms with Gasteiger partial charge in [0.05, 0.1) is 0 Å². The second-order valence-corrected chi connectivity index (χ2v) is 3.49. The van der Waals surface area contributed by atoms with Crippen LogP contribution in [0.3, 0.4) is 0 Å². The topological polar surface area (TPSA) is 38.4 Å². The van der Waals surface area contributed by atoms with Gasteiger partial charge >= 0.3 is 0 Å². The Morgan fingerprint density at radius 3 is 1.79 bits per heavy atom. The largest absolute Gasteiger partial charge is 0.385 e. The van der Waals surface area contributed by atoms with Crippen molar-refractivity contribution in [2.24, 2.45) is 0 Å². The van der Waals surface area contributed by atoms with Crippen molar-refractivity contribution in [3.63, 3.8) is 0 Å². The van der Waals surface area contributed by atoms with Crippen LogP contribution in [0.5, 0.6) is 0 Å². The van der Waals surface area contributed by atoms with Gasteiger partial charge in [-0.15, -0.1) is 0 Å². The van der Waals surface area contributed by atoms with E-state index in [0.29, 0.717) is 6.61 Å². The fourth-order valence-electron chi connectivity index (χ4n) is 1.39. The third-order valence-corrected chi connectivity index (χ3v) is 2.22. The molecule has 14 heavy (non-hydrogen) atoms. The highest BCUT2D eigenvalue weighted by atomic mass is 16.6. The first-order chi connectivity index (χ1) is 6.91. The molecule has 0 atom stereocenters. The van der Waals surface area contributed by atoms with Crippen molar-refractivity contribution in [2.45, 2.75) is 44.9 Å². The lowest BCUT2D eigenvalue weighted by atomic mass is 10.1. The lowest BCUT2D eigenvalue weighted by Crippen LogP contribution is -1.94. The molecule has 0 N–H and O–H groups in total. The second kappa shape index (κ2) is 12.9. The molecule has 3 nitrogen and oxygen atoms in total. The Labute approximate surface area is 87.4 Å². The minimum Gasteiger partial charge on any atom is -0.385 e. The van der Waals surface area contributed by atoms with Crippen molar-refractivity contribution in [3.8, 4) is 0 Å². The Morgan fingerprint density at radius 1 is 0.786 bits per heavy atom. The van der Waals surface area contributed by atoms with Crippen LogP contribution in [0, 0.1) is 0 Å². The summed E-state index contributed by atoms with van der Waals surface area (Å²) >= 11 is 0. The minimum absolute atomic E-state index is 0.392. The van der Waals surface area contributed by atoms with Crippen molar-refractivity contribution in [1.82, 2.24) is 0 Å². The van der Waals surface area contributed by atoms with E-state index in [9.17, 15) is 5.11 Å². The van der Waals surface area contributed by atoms with Gasteiger partial charge in [-0.2, -0.15) is 0 Å². The molecule has 0 spiro atoms. The van der Waals surface area contributed by atoms with Crippen LogP contribution in [0.25, 0.3) is 0 Å². The van der Waals surface area contributed by atoms with Crippen molar-refractivity contribution in [2.75, 3.05) is 27.1 Å². The van der Waals surface area contributed by atoms with Crippen LogP contribution in [0.4, 0.5) is 0 Å². The zero-order chi connectivity index (χ0) is 10.5. The molecule has 0 rings (SSSR count). The van der Waals surface area contributed by atoms with Gasteiger partial charge in [0.2, 0.25) is 0 Å². The zero-order valence-corrected chi connectivity index (χ0v) is 9.30. The summed E-state index contributed by atoms with van der Waals surface area (Å²) in [5, 5.41) is 9.93.